The van der Waals surface area contributed by atoms with Gasteiger partial charge in [0.05, 0.1) is 6.42 Å². The van der Waals surface area contributed by atoms with Gasteiger partial charge in [0.1, 0.15) is 0 Å². The maximum Gasteiger partial charge on any atom is 0.231 e. The zero-order valence-corrected chi connectivity index (χ0v) is 7.86. The Morgan fingerprint density at radius 3 is 3.07 bits per heavy atom. The lowest BCUT2D eigenvalue weighted by atomic mass is 10.1. The molecule has 0 atom stereocenters. The molecule has 1 amide bonds. The van der Waals surface area contributed by atoms with E-state index in [1.165, 1.54) is 0 Å². The molecule has 0 saturated carbocycles. The molecule has 0 aromatic heterocycles. The van der Waals surface area contributed by atoms with Crippen molar-refractivity contribution in [2.75, 3.05) is 17.2 Å². The molecule has 2 N–H and O–H groups in total. The number of carbonyl (C=O) groups excluding carboxylic acids is 1. The Bertz CT molecular complexity index is 398. The number of carbonyl (C=O) groups is 1. The Morgan fingerprint density at radius 1 is 1.57 bits per heavy atom. The zero-order chi connectivity index (χ0) is 10.1. The van der Waals surface area contributed by atoms with Crippen LogP contribution in [0.1, 0.15) is 5.56 Å². The van der Waals surface area contributed by atoms with Crippen LogP contribution < -0.4 is 10.6 Å². The fraction of sp³-hybridized carbons (Fsp3) is 0.182. The minimum atomic E-state index is 0.116. The maximum atomic E-state index is 11.6. The summed E-state index contributed by atoms with van der Waals surface area (Å²) in [6, 6.07) is 5.56. The van der Waals surface area contributed by atoms with Crippen LogP contribution in [0.5, 0.6) is 0 Å². The van der Waals surface area contributed by atoms with Crippen molar-refractivity contribution in [1.82, 2.24) is 0 Å². The molecule has 0 spiro atoms. The van der Waals surface area contributed by atoms with Gasteiger partial charge in [0, 0.05) is 17.9 Å². The van der Waals surface area contributed by atoms with Crippen molar-refractivity contribution in [3.63, 3.8) is 0 Å². The van der Waals surface area contributed by atoms with Gasteiger partial charge in [-0.05, 0) is 23.8 Å². The first kappa shape index (κ1) is 8.81. The monoisotopic (exact) mass is 188 g/mol. The van der Waals surface area contributed by atoms with E-state index in [-0.39, 0.29) is 5.91 Å². The highest BCUT2D eigenvalue weighted by Gasteiger charge is 2.25. The fourth-order valence-electron chi connectivity index (χ4n) is 1.73. The van der Waals surface area contributed by atoms with E-state index in [9.17, 15) is 4.79 Å². The van der Waals surface area contributed by atoms with Gasteiger partial charge in [-0.25, -0.2) is 0 Å². The summed E-state index contributed by atoms with van der Waals surface area (Å²) in [5, 5.41) is 0. The molecule has 0 radical (unpaired) electrons. The van der Waals surface area contributed by atoms with Crippen LogP contribution in [-0.4, -0.2) is 12.5 Å². The van der Waals surface area contributed by atoms with E-state index < -0.39 is 0 Å². The molecule has 1 aromatic rings. The second-order valence-electron chi connectivity index (χ2n) is 3.36. The van der Waals surface area contributed by atoms with Gasteiger partial charge in [0.15, 0.2) is 0 Å². The molecule has 72 valence electrons. The molecule has 1 aliphatic rings. The predicted octanol–water partition coefficient (Wildman–Crippen LogP) is 1.34. The second-order valence-corrected chi connectivity index (χ2v) is 3.36. The van der Waals surface area contributed by atoms with E-state index in [4.69, 9.17) is 5.73 Å². The Labute approximate surface area is 82.8 Å². The summed E-state index contributed by atoms with van der Waals surface area (Å²) in [6.07, 6.45) is 2.18. The summed E-state index contributed by atoms with van der Waals surface area (Å²) in [6.45, 7) is 4.20. The number of rotatable bonds is 2. The van der Waals surface area contributed by atoms with E-state index in [1.807, 2.05) is 18.2 Å². The third-order valence-electron chi connectivity index (χ3n) is 2.35. The van der Waals surface area contributed by atoms with Crippen molar-refractivity contribution in [2.45, 2.75) is 6.42 Å². The van der Waals surface area contributed by atoms with Crippen LogP contribution in [0, 0.1) is 0 Å². The van der Waals surface area contributed by atoms with E-state index in [0.717, 1.165) is 11.3 Å². The van der Waals surface area contributed by atoms with Gasteiger partial charge in [-0.1, -0.05) is 6.08 Å². The lowest BCUT2D eigenvalue weighted by molar-refractivity contribution is -0.117. The first-order valence-corrected chi connectivity index (χ1v) is 4.52. The number of nitrogens with zero attached hydrogens (tertiary/aromatic N) is 1. The number of nitrogens with two attached hydrogens (primary N) is 1. The third kappa shape index (κ3) is 1.27. The minimum Gasteiger partial charge on any atom is -0.399 e. The van der Waals surface area contributed by atoms with Crippen molar-refractivity contribution in [3.05, 3.63) is 36.4 Å². The largest absolute Gasteiger partial charge is 0.399 e. The molecule has 3 nitrogen and oxygen atoms in total. The third-order valence-corrected chi connectivity index (χ3v) is 2.35. The summed E-state index contributed by atoms with van der Waals surface area (Å²) >= 11 is 0. The van der Waals surface area contributed by atoms with Crippen LogP contribution >= 0.6 is 0 Å². The summed E-state index contributed by atoms with van der Waals surface area (Å²) in [5.41, 5.74) is 8.32. The van der Waals surface area contributed by atoms with Crippen molar-refractivity contribution in [3.8, 4) is 0 Å². The molecule has 0 aliphatic carbocycles. The van der Waals surface area contributed by atoms with Crippen LogP contribution in [0.25, 0.3) is 0 Å². The van der Waals surface area contributed by atoms with Crippen LogP contribution in [0.15, 0.2) is 30.9 Å². The van der Waals surface area contributed by atoms with Crippen molar-refractivity contribution >= 4 is 17.3 Å². The van der Waals surface area contributed by atoms with Gasteiger partial charge in [-0.3, -0.25) is 4.79 Å². The van der Waals surface area contributed by atoms with Crippen LogP contribution in [0.3, 0.4) is 0 Å². The van der Waals surface area contributed by atoms with Crippen LogP contribution in [0.4, 0.5) is 11.4 Å². The highest BCUT2D eigenvalue weighted by Crippen LogP contribution is 2.30. The minimum absolute atomic E-state index is 0.116. The summed E-state index contributed by atoms with van der Waals surface area (Å²) < 4.78 is 0. The topological polar surface area (TPSA) is 46.3 Å². The molecule has 1 heterocycles. The molecule has 2 rings (SSSR count). The lowest BCUT2D eigenvalue weighted by Gasteiger charge is -2.14. The highest BCUT2D eigenvalue weighted by atomic mass is 16.2. The average Bonchev–Trinajstić information content (AvgIpc) is 2.43. The van der Waals surface area contributed by atoms with Crippen LogP contribution in [-0.2, 0) is 11.2 Å². The van der Waals surface area contributed by atoms with Gasteiger partial charge in [-0.15, -0.1) is 6.58 Å². The molecule has 0 unspecified atom stereocenters. The molecule has 1 aliphatic heterocycles. The zero-order valence-electron chi connectivity index (χ0n) is 7.86. The quantitative estimate of drug-likeness (QED) is 0.562. The molecular weight excluding hydrogens is 176 g/mol. The number of amides is 1. The lowest BCUT2D eigenvalue weighted by Crippen LogP contribution is -2.26. The van der Waals surface area contributed by atoms with Gasteiger partial charge in [-0.2, -0.15) is 0 Å². The molecular formula is C11H12N2O. The van der Waals surface area contributed by atoms with Crippen molar-refractivity contribution in [1.29, 1.82) is 0 Å². The number of fused-ring (bicyclic) bond motifs is 1. The van der Waals surface area contributed by atoms with Gasteiger partial charge >= 0.3 is 0 Å². The first-order chi connectivity index (χ1) is 6.72. The summed E-state index contributed by atoms with van der Waals surface area (Å²) in [7, 11) is 0. The molecule has 0 fully saturated rings. The van der Waals surface area contributed by atoms with E-state index in [0.29, 0.717) is 18.7 Å². The van der Waals surface area contributed by atoms with Crippen molar-refractivity contribution < 1.29 is 4.79 Å². The summed E-state index contributed by atoms with van der Waals surface area (Å²) in [5.74, 6) is 0.116. The number of anilines is 2. The Hall–Kier alpha value is -1.77. The smallest absolute Gasteiger partial charge is 0.231 e. The standard InChI is InChI=1S/C11H12N2O/c1-2-5-13-10-4-3-9(12)6-8(10)7-11(13)14/h2-4,6H,1,5,7,12H2. The fourth-order valence-corrected chi connectivity index (χ4v) is 1.73. The van der Waals surface area contributed by atoms with E-state index >= 15 is 0 Å². The highest BCUT2D eigenvalue weighted by molar-refractivity contribution is 6.01. The van der Waals surface area contributed by atoms with E-state index in [1.54, 1.807) is 11.0 Å². The molecule has 1 aromatic carbocycles. The normalized spacial score (nSPS) is 14.3. The van der Waals surface area contributed by atoms with Crippen LogP contribution in [0.2, 0.25) is 0 Å². The maximum absolute atomic E-state index is 11.6. The summed E-state index contributed by atoms with van der Waals surface area (Å²) in [4.78, 5) is 13.3. The molecule has 14 heavy (non-hydrogen) atoms. The molecule has 3 heteroatoms. The second kappa shape index (κ2) is 3.18. The van der Waals surface area contributed by atoms with E-state index in [2.05, 4.69) is 6.58 Å². The number of hydrogen-bond acceptors (Lipinski definition) is 2. The number of hydrogen-bond donors (Lipinski definition) is 1. The van der Waals surface area contributed by atoms with Gasteiger partial charge in [0.25, 0.3) is 0 Å². The Balaban J connectivity index is 2.42. The Kier molecular flexibility index (Phi) is 2.00. The number of nitrogen functional groups attached to an aromatic ring is 1. The molecule has 0 saturated heterocycles. The SMILES string of the molecule is C=CCN1C(=O)Cc2cc(N)ccc21. The Morgan fingerprint density at radius 2 is 2.36 bits per heavy atom. The first-order valence-electron chi connectivity index (χ1n) is 4.52. The molecule has 0 bridgehead atoms. The predicted molar refractivity (Wildman–Crippen MR) is 57.1 cm³/mol. The average molecular weight is 188 g/mol. The van der Waals surface area contributed by atoms with Gasteiger partial charge < -0.3 is 10.6 Å². The van der Waals surface area contributed by atoms with Crippen molar-refractivity contribution in [2.24, 2.45) is 0 Å². The number of benzene rings is 1. The van der Waals surface area contributed by atoms with Gasteiger partial charge in [0.2, 0.25) is 5.91 Å².